The van der Waals surface area contributed by atoms with Gasteiger partial charge in [-0.05, 0) is 67.3 Å². The molecule has 59 heavy (non-hydrogen) atoms. The highest BCUT2D eigenvalue weighted by atomic mass is 16.6. The summed E-state index contributed by atoms with van der Waals surface area (Å²) in [7, 11) is 0. The zero-order chi connectivity index (χ0) is 41.7. The van der Waals surface area contributed by atoms with Gasteiger partial charge in [-0.25, -0.2) is 4.79 Å². The lowest BCUT2D eigenvalue weighted by molar-refractivity contribution is -0.121. The van der Waals surface area contributed by atoms with E-state index in [9.17, 15) is 19.2 Å². The van der Waals surface area contributed by atoms with Crippen LogP contribution >= 0.6 is 0 Å². The van der Waals surface area contributed by atoms with Crippen LogP contribution in [0.4, 0.5) is 4.79 Å². The number of ether oxygens (including phenoxy) is 1. The van der Waals surface area contributed by atoms with Crippen molar-refractivity contribution in [3.05, 3.63) is 146 Å². The van der Waals surface area contributed by atoms with Crippen LogP contribution in [0.2, 0.25) is 0 Å². The molecular formula is C46H50N8O5. The third kappa shape index (κ3) is 13.0. The number of hydrogen-bond donors (Lipinski definition) is 6. The van der Waals surface area contributed by atoms with Gasteiger partial charge in [-0.3, -0.25) is 46.5 Å². The molecule has 4 amide bonds. The molecule has 0 bridgehead atoms. The van der Waals surface area contributed by atoms with Gasteiger partial charge in [0.1, 0.15) is 18.7 Å². The fraction of sp³-hybridized carbons (Fsp3) is 0.174. The molecule has 4 aromatic carbocycles. The SMILES string of the molecule is C.CC(=O)NC(=N)NC(=O)Cn1c(-c2ccccc2)ccc1-c1ccccc1.CC(C)(C)OC(=O)NC(=N)NC(=O)Cn1c(-c2ccccc2)ccc1-c1ccccc1. The molecule has 0 atom stereocenters. The van der Waals surface area contributed by atoms with Crippen LogP contribution in [0.1, 0.15) is 35.1 Å². The molecule has 0 saturated heterocycles. The van der Waals surface area contributed by atoms with Crippen molar-refractivity contribution < 1.29 is 23.9 Å². The number of carbonyl (C=O) groups is 4. The maximum absolute atomic E-state index is 12.7. The molecule has 13 heteroatoms. The Bertz CT molecular complexity index is 2250. The van der Waals surface area contributed by atoms with Gasteiger partial charge >= 0.3 is 6.09 Å². The largest absolute Gasteiger partial charge is 0.444 e. The van der Waals surface area contributed by atoms with E-state index in [4.69, 9.17) is 15.6 Å². The van der Waals surface area contributed by atoms with Gasteiger partial charge in [-0.15, -0.1) is 0 Å². The number of benzene rings is 4. The van der Waals surface area contributed by atoms with Gasteiger partial charge in [0.2, 0.25) is 29.6 Å². The number of nitrogens with one attached hydrogen (secondary N) is 6. The highest BCUT2D eigenvalue weighted by Crippen LogP contribution is 2.30. The maximum atomic E-state index is 12.7. The molecule has 2 aromatic heterocycles. The van der Waals surface area contributed by atoms with Crippen LogP contribution in [0, 0.1) is 10.8 Å². The Kier molecular flexibility index (Phi) is 15.4. The number of aromatic nitrogens is 2. The number of alkyl carbamates (subject to hydrolysis) is 1. The molecular weight excluding hydrogens is 745 g/mol. The van der Waals surface area contributed by atoms with E-state index in [2.05, 4.69) is 21.3 Å². The first kappa shape index (κ1) is 44.2. The number of hydrogen-bond acceptors (Lipinski definition) is 7. The Morgan fingerprint density at radius 1 is 0.492 bits per heavy atom. The summed E-state index contributed by atoms with van der Waals surface area (Å²) in [5.74, 6) is -2.00. The first-order chi connectivity index (χ1) is 27.8. The van der Waals surface area contributed by atoms with Gasteiger partial charge in [-0.2, -0.15) is 0 Å². The molecule has 0 aliphatic heterocycles. The monoisotopic (exact) mass is 794 g/mol. The Hall–Kier alpha value is -7.54. The van der Waals surface area contributed by atoms with E-state index in [1.165, 1.54) is 6.92 Å². The van der Waals surface area contributed by atoms with Crippen LogP contribution in [0.3, 0.4) is 0 Å². The first-order valence-corrected chi connectivity index (χ1v) is 18.4. The summed E-state index contributed by atoms with van der Waals surface area (Å²) in [4.78, 5) is 48.0. The van der Waals surface area contributed by atoms with Gasteiger partial charge in [0.25, 0.3) is 0 Å². The van der Waals surface area contributed by atoms with Gasteiger partial charge in [0, 0.05) is 29.7 Å². The quantitative estimate of drug-likeness (QED) is 0.0672. The number of amides is 4. The second kappa shape index (κ2) is 20.6. The van der Waals surface area contributed by atoms with Gasteiger partial charge in [0.05, 0.1) is 0 Å². The van der Waals surface area contributed by atoms with Crippen LogP contribution in [-0.4, -0.2) is 50.5 Å². The molecule has 0 unspecified atom stereocenters. The summed E-state index contributed by atoms with van der Waals surface area (Å²) in [6, 6.07) is 47.0. The van der Waals surface area contributed by atoms with Crippen LogP contribution < -0.4 is 21.3 Å². The Labute approximate surface area is 344 Å². The minimum Gasteiger partial charge on any atom is -0.444 e. The van der Waals surface area contributed by atoms with E-state index in [0.717, 1.165) is 45.0 Å². The molecule has 0 saturated carbocycles. The Balaban J connectivity index is 0.000000259. The van der Waals surface area contributed by atoms with Gasteiger partial charge < -0.3 is 13.9 Å². The summed E-state index contributed by atoms with van der Waals surface area (Å²) >= 11 is 0. The molecule has 0 aliphatic rings. The van der Waals surface area contributed by atoms with E-state index >= 15 is 0 Å². The zero-order valence-corrected chi connectivity index (χ0v) is 32.7. The smallest absolute Gasteiger partial charge is 0.414 e. The summed E-state index contributed by atoms with van der Waals surface area (Å²) in [5, 5.41) is 24.8. The third-order valence-corrected chi connectivity index (χ3v) is 8.30. The summed E-state index contributed by atoms with van der Waals surface area (Å²) in [6.45, 7) is 6.43. The molecule has 13 nitrogen and oxygen atoms in total. The third-order valence-electron chi connectivity index (χ3n) is 8.30. The van der Waals surface area contributed by atoms with E-state index < -0.39 is 29.5 Å². The lowest BCUT2D eigenvalue weighted by Gasteiger charge is -2.20. The molecule has 2 heterocycles. The normalized spacial score (nSPS) is 10.4. The summed E-state index contributed by atoms with van der Waals surface area (Å²) < 4.78 is 8.90. The minimum absolute atomic E-state index is 0. The first-order valence-electron chi connectivity index (χ1n) is 18.4. The number of carbonyl (C=O) groups excluding carboxylic acids is 4. The van der Waals surface area contributed by atoms with Crippen LogP contribution in [0.25, 0.3) is 45.0 Å². The maximum Gasteiger partial charge on any atom is 0.414 e. The average Bonchev–Trinajstić information content (AvgIpc) is 3.79. The van der Waals surface area contributed by atoms with E-state index in [1.807, 2.05) is 155 Å². The molecule has 0 fully saturated rings. The topological polar surface area (TPSA) is 183 Å². The molecule has 0 aliphatic carbocycles. The van der Waals surface area contributed by atoms with Crippen LogP contribution in [0.15, 0.2) is 146 Å². The number of rotatable bonds is 8. The summed E-state index contributed by atoms with van der Waals surface area (Å²) in [6.07, 6.45) is -0.797. The van der Waals surface area contributed by atoms with Crippen molar-refractivity contribution >= 4 is 35.7 Å². The Morgan fingerprint density at radius 3 is 1.05 bits per heavy atom. The van der Waals surface area contributed by atoms with Crippen molar-refractivity contribution in [3.63, 3.8) is 0 Å². The van der Waals surface area contributed by atoms with Crippen molar-refractivity contribution in [2.24, 2.45) is 0 Å². The van der Waals surface area contributed by atoms with E-state index in [-0.39, 0.29) is 32.4 Å². The van der Waals surface area contributed by atoms with E-state index in [0.29, 0.717) is 0 Å². The highest BCUT2D eigenvalue weighted by molar-refractivity contribution is 6.03. The van der Waals surface area contributed by atoms with Crippen molar-refractivity contribution in [2.75, 3.05) is 0 Å². The zero-order valence-electron chi connectivity index (χ0n) is 32.7. The lowest BCUT2D eigenvalue weighted by atomic mass is 10.1. The number of guanidine groups is 2. The predicted octanol–water partition coefficient (Wildman–Crippen LogP) is 8.04. The van der Waals surface area contributed by atoms with Gasteiger partial charge in [-0.1, -0.05) is 129 Å². The fourth-order valence-electron chi connectivity index (χ4n) is 6.01. The lowest BCUT2D eigenvalue weighted by Crippen LogP contribution is -2.46. The van der Waals surface area contributed by atoms with Crippen molar-refractivity contribution in [1.82, 2.24) is 30.4 Å². The average molecular weight is 795 g/mol. The summed E-state index contributed by atoms with van der Waals surface area (Å²) in [5.41, 5.74) is 6.77. The second-order valence-electron chi connectivity index (χ2n) is 14.0. The van der Waals surface area contributed by atoms with Crippen molar-refractivity contribution in [3.8, 4) is 45.0 Å². The molecule has 6 aromatic rings. The Morgan fingerprint density at radius 2 is 0.780 bits per heavy atom. The minimum atomic E-state index is -0.797. The molecule has 0 radical (unpaired) electrons. The molecule has 6 N–H and O–H groups in total. The van der Waals surface area contributed by atoms with Crippen LogP contribution in [0.5, 0.6) is 0 Å². The number of nitrogens with zero attached hydrogens (tertiary/aromatic N) is 2. The predicted molar refractivity (Wildman–Crippen MR) is 232 cm³/mol. The van der Waals surface area contributed by atoms with Gasteiger partial charge in [0.15, 0.2) is 0 Å². The second-order valence-corrected chi connectivity index (χ2v) is 14.0. The van der Waals surface area contributed by atoms with Crippen LogP contribution in [-0.2, 0) is 32.2 Å². The highest BCUT2D eigenvalue weighted by Gasteiger charge is 2.20. The standard InChI is InChI=1S/C24H26N4O3.C21H20N4O2.CH4/c1-24(2,3)31-23(30)27-22(25)26-21(29)16-28-19(17-10-6-4-7-11-17)14-15-20(28)18-12-8-5-9-13-18;1-15(26)23-21(22)24-20(27)14-25-18(16-8-4-2-5-9-16)12-13-19(25)17-10-6-3-7-11-17;/h4-15H,16H2,1-3H3,(H3,25,26,27,29,30);2-13H,14H2,1H3,(H3,22,23,24,26,27);1H4. The molecule has 6 rings (SSSR count). The van der Waals surface area contributed by atoms with Crippen molar-refractivity contribution in [1.29, 1.82) is 10.8 Å². The van der Waals surface area contributed by atoms with Crippen molar-refractivity contribution in [2.45, 2.75) is 53.8 Å². The van der Waals surface area contributed by atoms with E-state index in [1.54, 1.807) is 20.8 Å². The fourth-order valence-corrected chi connectivity index (χ4v) is 6.01. The molecule has 0 spiro atoms. The molecule has 304 valence electrons.